The molecule has 3 aromatic rings. The fourth-order valence-corrected chi connectivity index (χ4v) is 5.59. The summed E-state index contributed by atoms with van der Waals surface area (Å²) in [6.07, 6.45) is 4.80. The standard InChI is InChI=1S/C27H36FN3O/c1-19(2)26-22-12-11-21(28)18-20(22)13-14-27(26,32-4)15-17-31(3)16-7-10-25-29-23-8-5-6-9-24(23)30-25/h5-6,8-9,11-12,18-19,26H,7,10,13-17H2,1-4H3,(H,29,30)/t26-,27-/m0/s1. The van der Waals surface area contributed by atoms with Crippen molar-refractivity contribution in [3.05, 3.63) is 65.2 Å². The number of hydrogen-bond donors (Lipinski definition) is 1. The van der Waals surface area contributed by atoms with E-state index in [-0.39, 0.29) is 17.3 Å². The summed E-state index contributed by atoms with van der Waals surface area (Å²) in [6.45, 7) is 6.51. The Balaban J connectivity index is 1.36. The molecule has 4 rings (SSSR count). The first kappa shape index (κ1) is 22.9. The first-order chi connectivity index (χ1) is 15.4. The highest BCUT2D eigenvalue weighted by Crippen LogP contribution is 2.47. The average molecular weight is 438 g/mol. The summed E-state index contributed by atoms with van der Waals surface area (Å²) in [5.41, 5.74) is 4.36. The molecule has 0 aliphatic heterocycles. The van der Waals surface area contributed by atoms with Gasteiger partial charge in [0.05, 0.1) is 16.6 Å². The highest BCUT2D eigenvalue weighted by atomic mass is 19.1. The Morgan fingerprint density at radius 2 is 2.03 bits per heavy atom. The summed E-state index contributed by atoms with van der Waals surface area (Å²) in [5, 5.41) is 0. The van der Waals surface area contributed by atoms with Crippen LogP contribution in [0.25, 0.3) is 11.0 Å². The van der Waals surface area contributed by atoms with Gasteiger partial charge in [-0.2, -0.15) is 0 Å². The van der Waals surface area contributed by atoms with Gasteiger partial charge >= 0.3 is 0 Å². The summed E-state index contributed by atoms with van der Waals surface area (Å²) < 4.78 is 20.1. The highest BCUT2D eigenvalue weighted by molar-refractivity contribution is 5.74. The number of nitrogens with zero attached hydrogens (tertiary/aromatic N) is 2. The molecular weight excluding hydrogens is 401 g/mol. The van der Waals surface area contributed by atoms with Crippen molar-refractivity contribution < 1.29 is 9.13 Å². The van der Waals surface area contributed by atoms with E-state index in [4.69, 9.17) is 4.74 Å². The monoisotopic (exact) mass is 437 g/mol. The predicted molar refractivity (Wildman–Crippen MR) is 129 cm³/mol. The van der Waals surface area contributed by atoms with E-state index in [1.807, 2.05) is 31.4 Å². The van der Waals surface area contributed by atoms with Gasteiger partial charge in [-0.1, -0.05) is 32.0 Å². The molecule has 0 bridgehead atoms. The number of aromatic amines is 1. The van der Waals surface area contributed by atoms with Crippen LogP contribution in [0.1, 0.15) is 56.0 Å². The lowest BCUT2D eigenvalue weighted by Gasteiger charge is -2.47. The molecule has 1 aliphatic rings. The Kier molecular flexibility index (Phi) is 6.96. The van der Waals surface area contributed by atoms with Crippen LogP contribution in [0.3, 0.4) is 0 Å². The normalized spacial score (nSPS) is 20.9. The van der Waals surface area contributed by atoms with Crippen LogP contribution in [-0.4, -0.2) is 47.7 Å². The Morgan fingerprint density at radius 1 is 1.22 bits per heavy atom. The quantitative estimate of drug-likeness (QED) is 0.465. The summed E-state index contributed by atoms with van der Waals surface area (Å²) in [4.78, 5) is 10.5. The number of ether oxygens (including phenoxy) is 1. The summed E-state index contributed by atoms with van der Waals surface area (Å²) in [7, 11) is 4.05. The van der Waals surface area contributed by atoms with Gasteiger partial charge in [0.25, 0.3) is 0 Å². The second kappa shape index (κ2) is 9.72. The molecule has 1 N–H and O–H groups in total. The number of aryl methyl sites for hydroxylation is 2. The fourth-order valence-electron chi connectivity index (χ4n) is 5.59. The minimum atomic E-state index is -0.202. The van der Waals surface area contributed by atoms with Gasteiger partial charge in [0.15, 0.2) is 0 Å². The van der Waals surface area contributed by atoms with Crippen LogP contribution in [0.15, 0.2) is 42.5 Å². The minimum absolute atomic E-state index is 0.139. The minimum Gasteiger partial charge on any atom is -0.378 e. The second-order valence-electron chi connectivity index (χ2n) is 9.69. The van der Waals surface area contributed by atoms with Gasteiger partial charge in [-0.15, -0.1) is 0 Å². The van der Waals surface area contributed by atoms with Crippen molar-refractivity contribution in [3.63, 3.8) is 0 Å². The number of imidazole rings is 1. The number of benzene rings is 2. The maximum absolute atomic E-state index is 13.8. The lowest BCUT2D eigenvalue weighted by molar-refractivity contribution is -0.0669. The van der Waals surface area contributed by atoms with Crippen LogP contribution in [0.5, 0.6) is 0 Å². The lowest BCUT2D eigenvalue weighted by atomic mass is 9.65. The largest absolute Gasteiger partial charge is 0.378 e. The molecule has 2 atom stereocenters. The molecule has 4 nitrogen and oxygen atoms in total. The molecule has 32 heavy (non-hydrogen) atoms. The zero-order chi connectivity index (χ0) is 22.7. The van der Waals surface area contributed by atoms with Crippen molar-refractivity contribution in [2.45, 2.75) is 57.5 Å². The number of hydrogen-bond acceptors (Lipinski definition) is 3. The smallest absolute Gasteiger partial charge is 0.123 e. The molecule has 0 saturated heterocycles. The van der Waals surface area contributed by atoms with E-state index < -0.39 is 0 Å². The molecule has 0 fully saturated rings. The second-order valence-corrected chi connectivity index (χ2v) is 9.69. The van der Waals surface area contributed by atoms with Gasteiger partial charge in [0.2, 0.25) is 0 Å². The number of halogens is 1. The van der Waals surface area contributed by atoms with E-state index in [9.17, 15) is 4.39 Å². The van der Waals surface area contributed by atoms with E-state index >= 15 is 0 Å². The van der Waals surface area contributed by atoms with Gasteiger partial charge in [-0.25, -0.2) is 9.37 Å². The lowest BCUT2D eigenvalue weighted by Crippen LogP contribution is -2.46. The Morgan fingerprint density at radius 3 is 2.78 bits per heavy atom. The molecule has 0 unspecified atom stereocenters. The van der Waals surface area contributed by atoms with Crippen molar-refractivity contribution in [1.82, 2.24) is 14.9 Å². The van der Waals surface area contributed by atoms with Crippen molar-refractivity contribution in [2.24, 2.45) is 5.92 Å². The van der Waals surface area contributed by atoms with Crippen LogP contribution in [0, 0.1) is 11.7 Å². The number of fused-ring (bicyclic) bond motifs is 2. The van der Waals surface area contributed by atoms with Gasteiger partial charge in [0.1, 0.15) is 11.6 Å². The number of nitrogens with one attached hydrogen (secondary N) is 1. The zero-order valence-electron chi connectivity index (χ0n) is 19.8. The van der Waals surface area contributed by atoms with E-state index in [0.29, 0.717) is 5.92 Å². The van der Waals surface area contributed by atoms with Gasteiger partial charge in [0, 0.05) is 26.0 Å². The SMILES string of the molecule is CO[C@]1(CCN(C)CCCc2nc3ccccc3[nH]2)CCc2cc(F)ccc2[C@@H]1C(C)C. The molecule has 1 heterocycles. The molecule has 0 saturated carbocycles. The summed E-state index contributed by atoms with van der Waals surface area (Å²) >= 11 is 0. The van der Waals surface area contributed by atoms with E-state index in [1.54, 1.807) is 12.1 Å². The van der Waals surface area contributed by atoms with Crippen molar-refractivity contribution in [3.8, 4) is 0 Å². The van der Waals surface area contributed by atoms with Crippen LogP contribution in [0.2, 0.25) is 0 Å². The summed E-state index contributed by atoms with van der Waals surface area (Å²) in [5.74, 6) is 1.63. The Hall–Kier alpha value is -2.24. The first-order valence-electron chi connectivity index (χ1n) is 11.9. The maximum atomic E-state index is 13.8. The van der Waals surface area contributed by atoms with Crippen LogP contribution >= 0.6 is 0 Å². The van der Waals surface area contributed by atoms with Gasteiger partial charge < -0.3 is 14.6 Å². The molecule has 172 valence electrons. The number of aromatic nitrogens is 2. The predicted octanol–water partition coefficient (Wildman–Crippen LogP) is 5.73. The number of rotatable bonds is 9. The third-order valence-electron chi connectivity index (χ3n) is 7.21. The number of methoxy groups -OCH3 is 1. The molecule has 1 aromatic heterocycles. The molecule has 0 spiro atoms. The van der Waals surface area contributed by atoms with Crippen molar-refractivity contribution in [2.75, 3.05) is 27.2 Å². The van der Waals surface area contributed by atoms with Crippen LogP contribution in [0.4, 0.5) is 4.39 Å². The van der Waals surface area contributed by atoms with Gasteiger partial charge in [-0.05, 0) is 80.6 Å². The van der Waals surface area contributed by atoms with Crippen LogP contribution in [-0.2, 0) is 17.6 Å². The highest BCUT2D eigenvalue weighted by Gasteiger charge is 2.44. The first-order valence-corrected chi connectivity index (χ1v) is 11.9. The van der Waals surface area contributed by atoms with Crippen molar-refractivity contribution in [1.29, 1.82) is 0 Å². The molecule has 2 aromatic carbocycles. The molecule has 0 amide bonds. The topological polar surface area (TPSA) is 41.1 Å². The third kappa shape index (κ3) is 4.74. The van der Waals surface area contributed by atoms with Gasteiger partial charge in [-0.3, -0.25) is 0 Å². The van der Waals surface area contributed by atoms with Crippen molar-refractivity contribution >= 4 is 11.0 Å². The molecular formula is C27H36FN3O. The zero-order valence-corrected chi connectivity index (χ0v) is 19.8. The fraction of sp³-hybridized carbons (Fsp3) is 0.519. The number of para-hydroxylation sites is 2. The molecule has 1 aliphatic carbocycles. The van der Waals surface area contributed by atoms with Crippen LogP contribution < -0.4 is 0 Å². The van der Waals surface area contributed by atoms with E-state index in [1.165, 1.54) is 5.56 Å². The third-order valence-corrected chi connectivity index (χ3v) is 7.21. The molecule has 5 heteroatoms. The van der Waals surface area contributed by atoms with E-state index in [0.717, 1.165) is 67.6 Å². The summed E-state index contributed by atoms with van der Waals surface area (Å²) in [6, 6.07) is 13.5. The maximum Gasteiger partial charge on any atom is 0.123 e. The Labute approximate surface area is 191 Å². The molecule has 0 radical (unpaired) electrons. The average Bonchev–Trinajstić information content (AvgIpc) is 3.20. The number of H-pyrrole nitrogens is 1. The van der Waals surface area contributed by atoms with E-state index in [2.05, 4.69) is 41.8 Å². The Bertz CT molecular complexity index is 1010.